The standard InChI is InChI=1S/C19H22N6O/c1-14(13-26)23-19-24-17(16-7-3-5-10-21-16)12-18(25-19)22-11-8-15-6-2-4-9-20-15/h2-7,9-10,12,14,26H,8,11,13H2,1H3,(H2,22,23,24,25)/t14-/m1/s1. The lowest BCUT2D eigenvalue weighted by atomic mass is 10.2. The van der Waals surface area contributed by atoms with Crippen molar-refractivity contribution in [2.24, 2.45) is 0 Å². The van der Waals surface area contributed by atoms with E-state index in [9.17, 15) is 5.11 Å². The van der Waals surface area contributed by atoms with E-state index in [1.165, 1.54) is 0 Å². The van der Waals surface area contributed by atoms with Crippen molar-refractivity contribution in [2.45, 2.75) is 19.4 Å². The average Bonchev–Trinajstić information content (AvgIpc) is 2.69. The van der Waals surface area contributed by atoms with E-state index >= 15 is 0 Å². The number of aliphatic hydroxyl groups is 1. The molecule has 0 bridgehead atoms. The van der Waals surface area contributed by atoms with Crippen LogP contribution < -0.4 is 10.6 Å². The smallest absolute Gasteiger partial charge is 0.225 e. The Morgan fingerprint density at radius 1 is 1.00 bits per heavy atom. The highest BCUT2D eigenvalue weighted by atomic mass is 16.3. The van der Waals surface area contributed by atoms with Gasteiger partial charge in [-0.15, -0.1) is 0 Å². The lowest BCUT2D eigenvalue weighted by Crippen LogP contribution is -2.21. The summed E-state index contributed by atoms with van der Waals surface area (Å²) in [7, 11) is 0. The molecule has 3 heterocycles. The number of nitrogens with one attached hydrogen (secondary N) is 2. The zero-order valence-electron chi connectivity index (χ0n) is 14.6. The fraction of sp³-hybridized carbons (Fsp3) is 0.263. The number of nitrogens with zero attached hydrogens (tertiary/aromatic N) is 4. The van der Waals surface area contributed by atoms with Crippen LogP contribution in [-0.2, 0) is 6.42 Å². The predicted octanol–water partition coefficient (Wildman–Crippen LogP) is 2.38. The highest BCUT2D eigenvalue weighted by molar-refractivity contribution is 5.61. The molecule has 1 atom stereocenters. The molecule has 0 aliphatic carbocycles. The van der Waals surface area contributed by atoms with Crippen LogP contribution in [0.25, 0.3) is 11.4 Å². The zero-order chi connectivity index (χ0) is 18.2. The molecule has 0 aliphatic rings. The first kappa shape index (κ1) is 17.8. The van der Waals surface area contributed by atoms with E-state index in [0.717, 1.165) is 17.8 Å². The third-order valence-corrected chi connectivity index (χ3v) is 3.72. The van der Waals surface area contributed by atoms with E-state index in [4.69, 9.17) is 0 Å². The summed E-state index contributed by atoms with van der Waals surface area (Å²) in [6.07, 6.45) is 4.31. The third kappa shape index (κ3) is 4.97. The van der Waals surface area contributed by atoms with Crippen LogP contribution in [0.1, 0.15) is 12.6 Å². The molecule has 3 rings (SSSR count). The maximum atomic E-state index is 9.27. The van der Waals surface area contributed by atoms with Crippen LogP contribution in [0.2, 0.25) is 0 Å². The number of pyridine rings is 2. The molecule has 26 heavy (non-hydrogen) atoms. The lowest BCUT2D eigenvalue weighted by Gasteiger charge is -2.14. The highest BCUT2D eigenvalue weighted by Crippen LogP contribution is 2.19. The Hall–Kier alpha value is -3.06. The van der Waals surface area contributed by atoms with Gasteiger partial charge in [-0.25, -0.2) is 4.98 Å². The van der Waals surface area contributed by atoms with E-state index < -0.39 is 0 Å². The first-order valence-electron chi connectivity index (χ1n) is 8.56. The number of hydrogen-bond donors (Lipinski definition) is 3. The number of aromatic nitrogens is 4. The molecule has 0 spiro atoms. The van der Waals surface area contributed by atoms with Crippen LogP contribution in [0, 0.1) is 0 Å². The van der Waals surface area contributed by atoms with Gasteiger partial charge in [0.05, 0.1) is 18.0 Å². The maximum Gasteiger partial charge on any atom is 0.225 e. The molecule has 0 saturated carbocycles. The SMILES string of the molecule is C[C@H](CO)Nc1nc(NCCc2ccccn2)cc(-c2ccccn2)n1. The molecule has 3 N–H and O–H groups in total. The normalized spacial score (nSPS) is 11.8. The third-order valence-electron chi connectivity index (χ3n) is 3.72. The fourth-order valence-electron chi connectivity index (χ4n) is 2.38. The molecule has 7 nitrogen and oxygen atoms in total. The Morgan fingerprint density at radius 3 is 2.50 bits per heavy atom. The Bertz CT molecular complexity index is 813. The summed E-state index contributed by atoms with van der Waals surface area (Å²) in [6.45, 7) is 2.56. The van der Waals surface area contributed by atoms with E-state index in [1.807, 2.05) is 49.4 Å². The number of anilines is 2. The summed E-state index contributed by atoms with van der Waals surface area (Å²) in [5.41, 5.74) is 2.50. The van der Waals surface area contributed by atoms with Gasteiger partial charge in [-0.05, 0) is 31.2 Å². The van der Waals surface area contributed by atoms with Crippen molar-refractivity contribution in [1.29, 1.82) is 0 Å². The minimum Gasteiger partial charge on any atom is -0.394 e. The summed E-state index contributed by atoms with van der Waals surface area (Å²) in [4.78, 5) is 17.7. The molecule has 134 valence electrons. The summed E-state index contributed by atoms with van der Waals surface area (Å²) >= 11 is 0. The van der Waals surface area contributed by atoms with Gasteiger partial charge in [-0.2, -0.15) is 4.98 Å². The van der Waals surface area contributed by atoms with Crippen molar-refractivity contribution in [1.82, 2.24) is 19.9 Å². The highest BCUT2D eigenvalue weighted by Gasteiger charge is 2.09. The van der Waals surface area contributed by atoms with Gasteiger partial charge in [0.25, 0.3) is 0 Å². The van der Waals surface area contributed by atoms with Gasteiger partial charge in [0.2, 0.25) is 5.95 Å². The lowest BCUT2D eigenvalue weighted by molar-refractivity contribution is 0.281. The molecule has 0 amide bonds. The molecule has 0 aromatic carbocycles. The molecule has 3 aromatic heterocycles. The Labute approximate surface area is 152 Å². The molecule has 0 saturated heterocycles. The van der Waals surface area contributed by atoms with Gasteiger partial charge in [0.1, 0.15) is 5.82 Å². The second-order valence-electron chi connectivity index (χ2n) is 5.90. The van der Waals surface area contributed by atoms with Crippen LogP contribution in [0.5, 0.6) is 0 Å². The van der Waals surface area contributed by atoms with E-state index in [0.29, 0.717) is 24.0 Å². The van der Waals surface area contributed by atoms with Gasteiger partial charge in [-0.1, -0.05) is 12.1 Å². The van der Waals surface area contributed by atoms with Crippen molar-refractivity contribution in [3.8, 4) is 11.4 Å². The molecule has 7 heteroatoms. The van der Waals surface area contributed by atoms with Gasteiger partial charge >= 0.3 is 0 Å². The number of rotatable bonds is 8. The van der Waals surface area contributed by atoms with E-state index in [2.05, 4.69) is 30.6 Å². The van der Waals surface area contributed by atoms with Gasteiger partial charge in [-0.3, -0.25) is 9.97 Å². The Kier molecular flexibility index (Phi) is 6.05. The van der Waals surface area contributed by atoms with Crippen LogP contribution >= 0.6 is 0 Å². The van der Waals surface area contributed by atoms with Gasteiger partial charge < -0.3 is 15.7 Å². The van der Waals surface area contributed by atoms with Crippen LogP contribution in [-0.4, -0.2) is 44.2 Å². The Balaban J connectivity index is 1.77. The first-order chi connectivity index (χ1) is 12.7. The molecule has 3 aromatic rings. The second-order valence-corrected chi connectivity index (χ2v) is 5.90. The van der Waals surface area contributed by atoms with Crippen molar-refractivity contribution in [3.05, 3.63) is 60.6 Å². The molecule has 0 fully saturated rings. The van der Waals surface area contributed by atoms with Crippen LogP contribution in [0.4, 0.5) is 11.8 Å². The number of aliphatic hydroxyl groups excluding tert-OH is 1. The maximum absolute atomic E-state index is 9.27. The van der Waals surface area contributed by atoms with Crippen LogP contribution in [0.15, 0.2) is 54.9 Å². The molecular formula is C19H22N6O. The average molecular weight is 350 g/mol. The largest absolute Gasteiger partial charge is 0.394 e. The fourth-order valence-corrected chi connectivity index (χ4v) is 2.38. The van der Waals surface area contributed by atoms with Crippen molar-refractivity contribution >= 4 is 11.8 Å². The monoisotopic (exact) mass is 350 g/mol. The summed E-state index contributed by atoms with van der Waals surface area (Å²) in [5, 5.41) is 15.7. The minimum absolute atomic E-state index is 0.000384. The van der Waals surface area contributed by atoms with Crippen molar-refractivity contribution in [2.75, 3.05) is 23.8 Å². The van der Waals surface area contributed by atoms with Crippen LogP contribution in [0.3, 0.4) is 0 Å². The summed E-state index contributed by atoms with van der Waals surface area (Å²) in [6, 6.07) is 13.3. The second kappa shape index (κ2) is 8.87. The number of hydrogen-bond acceptors (Lipinski definition) is 7. The summed E-state index contributed by atoms with van der Waals surface area (Å²) in [5.74, 6) is 1.15. The zero-order valence-corrected chi connectivity index (χ0v) is 14.6. The van der Waals surface area contributed by atoms with E-state index in [-0.39, 0.29) is 12.6 Å². The van der Waals surface area contributed by atoms with Gasteiger partial charge in [0.15, 0.2) is 0 Å². The summed E-state index contributed by atoms with van der Waals surface area (Å²) < 4.78 is 0. The quantitative estimate of drug-likeness (QED) is 0.574. The van der Waals surface area contributed by atoms with Crippen molar-refractivity contribution in [3.63, 3.8) is 0 Å². The molecular weight excluding hydrogens is 328 g/mol. The molecule has 0 radical (unpaired) electrons. The molecule has 0 unspecified atom stereocenters. The topological polar surface area (TPSA) is 95.8 Å². The van der Waals surface area contributed by atoms with E-state index in [1.54, 1.807) is 12.4 Å². The Morgan fingerprint density at radius 2 is 1.81 bits per heavy atom. The van der Waals surface area contributed by atoms with Crippen molar-refractivity contribution < 1.29 is 5.11 Å². The predicted molar refractivity (Wildman–Crippen MR) is 102 cm³/mol. The van der Waals surface area contributed by atoms with Gasteiger partial charge in [0, 0.05) is 43.2 Å². The first-order valence-corrected chi connectivity index (χ1v) is 8.56. The minimum atomic E-state index is -0.143. The molecule has 0 aliphatic heterocycles.